The Kier molecular flexibility index (Phi) is 4.48. The van der Waals surface area contributed by atoms with E-state index in [0.717, 1.165) is 16.7 Å². The summed E-state index contributed by atoms with van der Waals surface area (Å²) in [5, 5.41) is 7.55. The van der Waals surface area contributed by atoms with Gasteiger partial charge in [-0.05, 0) is 55.1 Å². The van der Waals surface area contributed by atoms with Crippen LogP contribution < -0.4 is 0 Å². The van der Waals surface area contributed by atoms with E-state index in [4.69, 9.17) is 11.6 Å². The molecule has 32 heavy (non-hydrogen) atoms. The van der Waals surface area contributed by atoms with Gasteiger partial charge in [-0.25, -0.2) is 0 Å². The van der Waals surface area contributed by atoms with Crippen LogP contribution in [0.3, 0.4) is 0 Å². The first-order valence-electron chi connectivity index (χ1n) is 10.9. The standard InChI is InChI=1S/C31H21Cl/c32-31(24-10-3-1-4-11-24,25-12-5-2-6-13-25)26-17-20-28-23(21-26)16-19-29-27-14-8-7-9-22(27)15-18-30(28)29/h1-21H. The topological polar surface area (TPSA) is 0 Å². The molecule has 0 spiro atoms. The van der Waals surface area contributed by atoms with Crippen LogP contribution in [0.2, 0.25) is 0 Å². The van der Waals surface area contributed by atoms with Crippen LogP contribution in [0.5, 0.6) is 0 Å². The maximum Gasteiger partial charge on any atom is 0.119 e. The number of benzene rings is 6. The van der Waals surface area contributed by atoms with Crippen molar-refractivity contribution in [1.29, 1.82) is 0 Å². The second-order valence-electron chi connectivity index (χ2n) is 8.27. The van der Waals surface area contributed by atoms with E-state index in [1.165, 1.54) is 32.3 Å². The van der Waals surface area contributed by atoms with Crippen molar-refractivity contribution >= 4 is 43.9 Å². The van der Waals surface area contributed by atoms with E-state index >= 15 is 0 Å². The first-order chi connectivity index (χ1) is 15.7. The zero-order valence-corrected chi connectivity index (χ0v) is 18.3. The minimum Gasteiger partial charge on any atom is -0.104 e. The van der Waals surface area contributed by atoms with Crippen molar-refractivity contribution in [2.24, 2.45) is 0 Å². The van der Waals surface area contributed by atoms with Crippen molar-refractivity contribution in [3.63, 3.8) is 0 Å². The van der Waals surface area contributed by atoms with Gasteiger partial charge in [-0.1, -0.05) is 121 Å². The fraction of sp³-hybridized carbons (Fsp3) is 0.0323. The molecular formula is C31H21Cl. The SMILES string of the molecule is ClC(c1ccccc1)(c1ccccc1)c1ccc2c(ccc3c4ccccc4ccc23)c1. The van der Waals surface area contributed by atoms with Crippen LogP contribution in [-0.2, 0) is 4.87 Å². The van der Waals surface area contributed by atoms with E-state index in [1.807, 2.05) is 12.1 Å². The van der Waals surface area contributed by atoms with Gasteiger partial charge in [0.1, 0.15) is 4.87 Å². The Hall–Kier alpha value is -3.61. The molecule has 0 saturated carbocycles. The van der Waals surface area contributed by atoms with Gasteiger partial charge in [0, 0.05) is 0 Å². The molecule has 0 heterocycles. The molecule has 0 unspecified atom stereocenters. The van der Waals surface area contributed by atoms with Gasteiger partial charge in [0.25, 0.3) is 0 Å². The van der Waals surface area contributed by atoms with Gasteiger partial charge in [0.05, 0.1) is 0 Å². The zero-order chi connectivity index (χ0) is 21.5. The highest BCUT2D eigenvalue weighted by atomic mass is 35.5. The largest absolute Gasteiger partial charge is 0.119 e. The molecule has 0 N–H and O–H groups in total. The van der Waals surface area contributed by atoms with Crippen LogP contribution in [-0.4, -0.2) is 0 Å². The molecule has 0 saturated heterocycles. The van der Waals surface area contributed by atoms with Crippen LogP contribution in [0.1, 0.15) is 16.7 Å². The first-order valence-corrected chi connectivity index (χ1v) is 11.3. The van der Waals surface area contributed by atoms with Gasteiger partial charge in [-0.15, -0.1) is 11.6 Å². The molecule has 0 amide bonds. The monoisotopic (exact) mass is 428 g/mol. The second kappa shape index (κ2) is 7.51. The van der Waals surface area contributed by atoms with E-state index in [9.17, 15) is 0 Å². The zero-order valence-electron chi connectivity index (χ0n) is 17.5. The van der Waals surface area contributed by atoms with Crippen molar-refractivity contribution in [2.75, 3.05) is 0 Å². The molecule has 0 aliphatic rings. The lowest BCUT2D eigenvalue weighted by atomic mass is 9.83. The average Bonchev–Trinajstić information content (AvgIpc) is 2.88. The number of rotatable bonds is 3. The lowest BCUT2D eigenvalue weighted by Gasteiger charge is -2.29. The Morgan fingerprint density at radius 3 is 1.53 bits per heavy atom. The van der Waals surface area contributed by atoms with Crippen LogP contribution in [0, 0.1) is 0 Å². The third-order valence-electron chi connectivity index (χ3n) is 6.48. The maximum atomic E-state index is 7.51. The van der Waals surface area contributed by atoms with Crippen LogP contribution in [0.15, 0.2) is 127 Å². The minimum absolute atomic E-state index is 0.755. The van der Waals surface area contributed by atoms with Gasteiger partial charge >= 0.3 is 0 Å². The molecule has 6 aromatic rings. The van der Waals surface area contributed by atoms with E-state index in [-0.39, 0.29) is 0 Å². The third-order valence-corrected chi connectivity index (χ3v) is 7.14. The summed E-state index contributed by atoms with van der Waals surface area (Å²) >= 11 is 7.51. The number of hydrogen-bond acceptors (Lipinski definition) is 0. The predicted molar refractivity (Wildman–Crippen MR) is 138 cm³/mol. The molecule has 6 rings (SSSR count). The van der Waals surface area contributed by atoms with E-state index in [0.29, 0.717) is 0 Å². The normalized spacial score (nSPS) is 11.9. The predicted octanol–water partition coefficient (Wildman–Crippen LogP) is 8.68. The fourth-order valence-corrected chi connectivity index (χ4v) is 5.25. The van der Waals surface area contributed by atoms with Crippen LogP contribution >= 0.6 is 11.6 Å². The summed E-state index contributed by atoms with van der Waals surface area (Å²) in [5.74, 6) is 0. The first kappa shape index (κ1) is 19.1. The molecule has 0 bridgehead atoms. The molecule has 0 nitrogen and oxygen atoms in total. The molecule has 1 heteroatoms. The van der Waals surface area contributed by atoms with Crippen molar-refractivity contribution in [2.45, 2.75) is 4.87 Å². The number of alkyl halides is 1. The molecule has 0 aliphatic carbocycles. The van der Waals surface area contributed by atoms with Gasteiger partial charge in [0.15, 0.2) is 0 Å². The Bertz CT molecular complexity index is 1530. The third kappa shape index (κ3) is 2.92. The van der Waals surface area contributed by atoms with Crippen molar-refractivity contribution in [3.8, 4) is 0 Å². The molecule has 152 valence electrons. The summed E-state index contributed by atoms with van der Waals surface area (Å²) in [4.78, 5) is -0.755. The number of halogens is 1. The minimum atomic E-state index is -0.755. The highest BCUT2D eigenvalue weighted by Crippen LogP contribution is 2.44. The van der Waals surface area contributed by atoms with E-state index in [1.54, 1.807) is 0 Å². The molecule has 6 aromatic carbocycles. The quantitative estimate of drug-likeness (QED) is 0.150. The Labute approximate surface area is 192 Å². The summed E-state index contributed by atoms with van der Waals surface area (Å²) in [6.07, 6.45) is 0. The summed E-state index contributed by atoms with van der Waals surface area (Å²) in [6.45, 7) is 0. The van der Waals surface area contributed by atoms with Crippen molar-refractivity contribution < 1.29 is 0 Å². The van der Waals surface area contributed by atoms with Gasteiger partial charge in [-0.3, -0.25) is 0 Å². The average molecular weight is 429 g/mol. The van der Waals surface area contributed by atoms with Crippen LogP contribution in [0.4, 0.5) is 0 Å². The Balaban J connectivity index is 1.61. The van der Waals surface area contributed by atoms with Gasteiger partial charge in [0.2, 0.25) is 0 Å². The smallest absolute Gasteiger partial charge is 0.104 e. The highest BCUT2D eigenvalue weighted by Gasteiger charge is 2.34. The lowest BCUT2D eigenvalue weighted by Crippen LogP contribution is -2.22. The van der Waals surface area contributed by atoms with Crippen molar-refractivity contribution in [1.82, 2.24) is 0 Å². The Morgan fingerprint density at radius 1 is 0.375 bits per heavy atom. The summed E-state index contributed by atoms with van der Waals surface area (Å²) < 4.78 is 0. The molecule has 0 aliphatic heterocycles. The van der Waals surface area contributed by atoms with E-state index < -0.39 is 4.87 Å². The van der Waals surface area contributed by atoms with Crippen LogP contribution in [0.25, 0.3) is 32.3 Å². The molecular weight excluding hydrogens is 408 g/mol. The summed E-state index contributed by atoms with van der Waals surface area (Å²) in [7, 11) is 0. The molecule has 0 fully saturated rings. The Morgan fingerprint density at radius 2 is 0.875 bits per heavy atom. The fourth-order valence-electron chi connectivity index (χ4n) is 4.88. The summed E-state index contributed by atoms with van der Waals surface area (Å²) in [6, 6.07) is 44.8. The lowest BCUT2D eigenvalue weighted by molar-refractivity contribution is 0.882. The number of fused-ring (bicyclic) bond motifs is 5. The van der Waals surface area contributed by atoms with Gasteiger partial charge in [-0.2, -0.15) is 0 Å². The number of hydrogen-bond donors (Lipinski definition) is 0. The summed E-state index contributed by atoms with van der Waals surface area (Å²) in [5.41, 5.74) is 3.21. The maximum absolute atomic E-state index is 7.51. The molecule has 0 atom stereocenters. The second-order valence-corrected chi connectivity index (χ2v) is 8.84. The highest BCUT2D eigenvalue weighted by molar-refractivity contribution is 6.28. The van der Waals surface area contributed by atoms with Crippen molar-refractivity contribution in [3.05, 3.63) is 144 Å². The molecule has 0 aromatic heterocycles. The van der Waals surface area contributed by atoms with E-state index in [2.05, 4.69) is 115 Å². The van der Waals surface area contributed by atoms with Gasteiger partial charge < -0.3 is 0 Å². The molecule has 0 radical (unpaired) electrons.